The normalized spacial score (nSPS) is 40.1. The van der Waals surface area contributed by atoms with Crippen LogP contribution < -0.4 is 0 Å². The number of fused-ring (bicyclic) bond motifs is 1. The SMILES string of the molecule is CCC(C)/C=C/[C@@H](C)[C@H]1CC[C@@H](C2=C[C@H](O)[C@H]3C[C@@H](O)CC[C@]3(C)C2=O)[C@]1(C)CCOC(C)=O. The van der Waals surface area contributed by atoms with Crippen molar-refractivity contribution in [3.63, 3.8) is 0 Å². The number of ketones is 1. The van der Waals surface area contributed by atoms with Gasteiger partial charge < -0.3 is 14.9 Å². The lowest BCUT2D eigenvalue weighted by atomic mass is 9.55. The van der Waals surface area contributed by atoms with Crippen LogP contribution in [0.2, 0.25) is 0 Å². The zero-order valence-electron chi connectivity index (χ0n) is 22.0. The summed E-state index contributed by atoms with van der Waals surface area (Å²) in [4.78, 5) is 25.5. The van der Waals surface area contributed by atoms with E-state index < -0.39 is 17.6 Å². The van der Waals surface area contributed by atoms with Gasteiger partial charge in [-0.25, -0.2) is 0 Å². The summed E-state index contributed by atoms with van der Waals surface area (Å²) in [5.41, 5.74) is -0.0685. The van der Waals surface area contributed by atoms with Crippen molar-refractivity contribution in [3.8, 4) is 0 Å². The van der Waals surface area contributed by atoms with Crippen molar-refractivity contribution < 1.29 is 24.5 Å². The van der Waals surface area contributed by atoms with Crippen LogP contribution >= 0.6 is 0 Å². The molecule has 0 bridgehead atoms. The van der Waals surface area contributed by atoms with E-state index in [1.807, 2.05) is 13.0 Å². The third-order valence-electron chi connectivity index (χ3n) is 9.64. The molecule has 2 N–H and O–H groups in total. The lowest BCUT2D eigenvalue weighted by Gasteiger charge is -2.49. The Morgan fingerprint density at radius 2 is 1.91 bits per heavy atom. The topological polar surface area (TPSA) is 83.8 Å². The summed E-state index contributed by atoms with van der Waals surface area (Å²) < 4.78 is 5.38. The minimum atomic E-state index is -0.716. The number of allylic oxidation sites excluding steroid dienone is 3. The quantitative estimate of drug-likeness (QED) is 0.371. The van der Waals surface area contributed by atoms with Gasteiger partial charge in [-0.15, -0.1) is 0 Å². The molecule has 0 amide bonds. The van der Waals surface area contributed by atoms with Crippen LogP contribution in [-0.4, -0.2) is 40.8 Å². The maximum Gasteiger partial charge on any atom is 0.302 e. The fraction of sp³-hybridized carbons (Fsp3) is 0.793. The van der Waals surface area contributed by atoms with E-state index in [9.17, 15) is 19.8 Å². The van der Waals surface area contributed by atoms with Gasteiger partial charge in [0.15, 0.2) is 5.78 Å². The fourth-order valence-electron chi connectivity index (χ4n) is 7.15. The van der Waals surface area contributed by atoms with Gasteiger partial charge in [0.1, 0.15) is 0 Å². The van der Waals surface area contributed by atoms with Crippen molar-refractivity contribution in [2.45, 2.75) is 98.7 Å². The number of aliphatic hydroxyl groups is 2. The van der Waals surface area contributed by atoms with E-state index in [1.165, 1.54) is 6.92 Å². The second-order valence-corrected chi connectivity index (χ2v) is 11.9. The molecule has 0 spiro atoms. The Labute approximate surface area is 206 Å². The lowest BCUT2D eigenvalue weighted by molar-refractivity contribution is -0.143. The van der Waals surface area contributed by atoms with Crippen LogP contribution in [0.3, 0.4) is 0 Å². The minimum absolute atomic E-state index is 0.0271. The van der Waals surface area contributed by atoms with Crippen molar-refractivity contribution in [2.75, 3.05) is 6.61 Å². The molecule has 192 valence electrons. The molecule has 0 saturated heterocycles. The van der Waals surface area contributed by atoms with Crippen LogP contribution in [0.4, 0.5) is 0 Å². The molecule has 3 aliphatic carbocycles. The van der Waals surface area contributed by atoms with Crippen LogP contribution in [0.15, 0.2) is 23.8 Å². The second-order valence-electron chi connectivity index (χ2n) is 11.9. The molecule has 0 heterocycles. The lowest BCUT2D eigenvalue weighted by Crippen LogP contribution is -2.52. The van der Waals surface area contributed by atoms with Gasteiger partial charge in [-0.2, -0.15) is 0 Å². The van der Waals surface area contributed by atoms with Gasteiger partial charge in [-0.05, 0) is 79.3 Å². The molecular weight excluding hydrogens is 428 g/mol. The Bertz CT molecular complexity index is 815. The third-order valence-corrected chi connectivity index (χ3v) is 9.64. The molecule has 5 heteroatoms. The predicted molar refractivity (Wildman–Crippen MR) is 134 cm³/mol. The van der Waals surface area contributed by atoms with Crippen LogP contribution in [0.5, 0.6) is 0 Å². The molecule has 1 unspecified atom stereocenters. The number of hydrogen-bond acceptors (Lipinski definition) is 5. The van der Waals surface area contributed by atoms with Crippen molar-refractivity contribution >= 4 is 11.8 Å². The summed E-state index contributed by atoms with van der Waals surface area (Å²) in [5.74, 6) is 0.911. The highest BCUT2D eigenvalue weighted by atomic mass is 16.5. The van der Waals surface area contributed by atoms with E-state index in [4.69, 9.17) is 4.74 Å². The first kappa shape index (κ1) is 27.1. The smallest absolute Gasteiger partial charge is 0.302 e. The van der Waals surface area contributed by atoms with Crippen molar-refractivity contribution in [1.29, 1.82) is 0 Å². The predicted octanol–water partition coefficient (Wildman–Crippen LogP) is 5.25. The van der Waals surface area contributed by atoms with E-state index in [2.05, 4.69) is 39.8 Å². The van der Waals surface area contributed by atoms with E-state index in [0.717, 1.165) is 24.8 Å². The van der Waals surface area contributed by atoms with Gasteiger partial charge in [0.2, 0.25) is 0 Å². The average Bonchev–Trinajstić information content (AvgIpc) is 3.12. The Morgan fingerprint density at radius 3 is 2.56 bits per heavy atom. The molecular formula is C29H46O5. The number of carbonyl (C=O) groups is 2. The van der Waals surface area contributed by atoms with Gasteiger partial charge in [-0.1, -0.05) is 53.2 Å². The first-order valence-corrected chi connectivity index (χ1v) is 13.4. The van der Waals surface area contributed by atoms with Crippen LogP contribution in [0, 0.1) is 40.4 Å². The Morgan fingerprint density at radius 1 is 1.21 bits per heavy atom. The molecule has 0 aromatic carbocycles. The zero-order valence-corrected chi connectivity index (χ0v) is 22.0. The van der Waals surface area contributed by atoms with Crippen LogP contribution in [0.1, 0.15) is 86.5 Å². The van der Waals surface area contributed by atoms with E-state index in [1.54, 1.807) is 0 Å². The van der Waals surface area contributed by atoms with Crippen LogP contribution in [0.25, 0.3) is 0 Å². The first-order chi connectivity index (χ1) is 15.9. The van der Waals surface area contributed by atoms with Gasteiger partial charge in [0.05, 0.1) is 18.8 Å². The number of hydrogen-bond donors (Lipinski definition) is 2. The summed E-state index contributed by atoms with van der Waals surface area (Å²) in [6, 6.07) is 0. The number of rotatable bonds is 8. The molecule has 0 aromatic heterocycles. The number of ether oxygens (including phenoxy) is 1. The van der Waals surface area contributed by atoms with Crippen molar-refractivity contribution in [1.82, 2.24) is 0 Å². The summed E-state index contributed by atoms with van der Waals surface area (Å²) in [7, 11) is 0. The maximum absolute atomic E-state index is 14.0. The van der Waals surface area contributed by atoms with E-state index >= 15 is 0 Å². The van der Waals surface area contributed by atoms with E-state index in [-0.39, 0.29) is 29.0 Å². The van der Waals surface area contributed by atoms with Crippen molar-refractivity contribution in [2.24, 2.45) is 40.4 Å². The highest BCUT2D eigenvalue weighted by molar-refractivity contribution is 6.01. The minimum Gasteiger partial charge on any atom is -0.466 e. The highest BCUT2D eigenvalue weighted by Crippen LogP contribution is 2.59. The highest BCUT2D eigenvalue weighted by Gasteiger charge is 2.56. The summed E-state index contributed by atoms with van der Waals surface area (Å²) in [6.45, 7) is 12.7. The largest absolute Gasteiger partial charge is 0.466 e. The van der Waals surface area contributed by atoms with Crippen molar-refractivity contribution in [3.05, 3.63) is 23.8 Å². The molecule has 3 aliphatic rings. The number of Topliss-reactive ketones (excluding diaryl/α,β-unsaturated/α-hetero) is 1. The number of esters is 1. The molecule has 2 saturated carbocycles. The molecule has 0 aromatic rings. The Balaban J connectivity index is 1.93. The third kappa shape index (κ3) is 5.21. The summed E-state index contributed by atoms with van der Waals surface area (Å²) >= 11 is 0. The van der Waals surface area contributed by atoms with Crippen LogP contribution in [-0.2, 0) is 14.3 Å². The van der Waals surface area contributed by atoms with E-state index in [0.29, 0.717) is 50.0 Å². The average molecular weight is 475 g/mol. The number of carbonyl (C=O) groups excluding carboxylic acids is 2. The zero-order chi connectivity index (χ0) is 25.3. The Kier molecular flexibility index (Phi) is 8.50. The van der Waals surface area contributed by atoms with Gasteiger partial charge in [-0.3, -0.25) is 9.59 Å². The monoisotopic (exact) mass is 474 g/mol. The molecule has 2 fully saturated rings. The summed E-state index contributed by atoms with van der Waals surface area (Å²) in [6.07, 6.45) is 10.7. The van der Waals surface area contributed by atoms with Gasteiger partial charge in [0, 0.05) is 18.3 Å². The second kappa shape index (κ2) is 10.7. The fourth-order valence-corrected chi connectivity index (χ4v) is 7.15. The number of aliphatic hydroxyl groups excluding tert-OH is 2. The maximum atomic E-state index is 14.0. The summed E-state index contributed by atoms with van der Waals surface area (Å²) in [5, 5.41) is 21.3. The molecule has 5 nitrogen and oxygen atoms in total. The molecule has 9 atom stereocenters. The van der Waals surface area contributed by atoms with Gasteiger partial charge >= 0.3 is 5.97 Å². The standard InChI is InChI=1S/C29H46O5/c1-7-18(2)8-9-19(3)23-10-11-24(28(23,5)14-15-34-20(4)30)22-17-26(32)25-16-21(31)12-13-29(25,6)27(22)33/h8-9,17-19,21,23-26,31-32H,7,10-16H2,1-6H3/b9-8+/t18?,19-,21+,23-,24+,25-,26+,28-,29+/m1/s1. The first-order valence-electron chi connectivity index (χ1n) is 13.4. The molecule has 0 radical (unpaired) electrons. The molecule has 34 heavy (non-hydrogen) atoms. The molecule has 3 rings (SSSR count). The molecule has 0 aliphatic heterocycles. The van der Waals surface area contributed by atoms with Gasteiger partial charge in [0.25, 0.3) is 0 Å². The Hall–Kier alpha value is -1.46.